The molecule has 0 heterocycles. The third-order valence-corrected chi connectivity index (χ3v) is 4.64. The summed E-state index contributed by atoms with van der Waals surface area (Å²) < 4.78 is 5.36. The molecule has 0 radical (unpaired) electrons. The first kappa shape index (κ1) is 12.5. The van der Waals surface area contributed by atoms with Crippen molar-refractivity contribution in [2.45, 2.75) is 32.7 Å². The summed E-state index contributed by atoms with van der Waals surface area (Å²) >= 11 is 12.0. The lowest BCUT2D eigenvalue weighted by atomic mass is 10.4. The summed E-state index contributed by atoms with van der Waals surface area (Å²) in [6.45, 7) is 5.81. The first-order valence-electron chi connectivity index (χ1n) is 4.14. The molecule has 0 aromatic rings. The van der Waals surface area contributed by atoms with Crippen LogP contribution in [-0.4, -0.2) is 13.5 Å². The van der Waals surface area contributed by atoms with Crippen LogP contribution in [0.5, 0.6) is 0 Å². The number of hydrogen-bond acceptors (Lipinski definition) is 1. The average Bonchev–Trinajstić information content (AvgIpc) is 1.98. The maximum absolute atomic E-state index is 6.00. The molecule has 72 valence electrons. The molecule has 12 heavy (non-hydrogen) atoms. The summed E-state index contributed by atoms with van der Waals surface area (Å²) in [7, 11) is 0. The Morgan fingerprint density at radius 2 is 2.08 bits per heavy atom. The van der Waals surface area contributed by atoms with Crippen LogP contribution >= 0.6 is 22.2 Å². The fraction of sp³-hybridized carbons (Fsp3) is 0.750. The standard InChI is InChI=1S/C8H16Cl2OSi/c1-4-5-6-12(9,10)11-7-8(2)3/h2,4-7H2,1,3H3. The molecule has 4 heteroatoms. The monoisotopic (exact) mass is 226 g/mol. The maximum Gasteiger partial charge on any atom is 0.389 e. The van der Waals surface area contributed by atoms with E-state index in [0.29, 0.717) is 6.61 Å². The van der Waals surface area contributed by atoms with Crippen LogP contribution in [0.1, 0.15) is 26.7 Å². The Bertz CT molecular complexity index is 148. The molecule has 0 amide bonds. The molecule has 0 fully saturated rings. The highest BCUT2D eigenvalue weighted by atomic mass is 35.7. The third-order valence-electron chi connectivity index (χ3n) is 1.35. The molecule has 0 unspecified atom stereocenters. The minimum atomic E-state index is -2.40. The average molecular weight is 227 g/mol. The smallest absolute Gasteiger partial charge is 0.388 e. The van der Waals surface area contributed by atoms with Gasteiger partial charge in [-0.2, -0.15) is 0 Å². The SMILES string of the molecule is C=C(C)CO[Si](Cl)(Cl)CCCC. The van der Waals surface area contributed by atoms with E-state index in [1.165, 1.54) is 0 Å². The van der Waals surface area contributed by atoms with Gasteiger partial charge in [0, 0.05) is 0 Å². The van der Waals surface area contributed by atoms with Gasteiger partial charge in [0.2, 0.25) is 0 Å². The Kier molecular flexibility index (Phi) is 6.28. The van der Waals surface area contributed by atoms with Crippen LogP contribution in [-0.2, 0) is 4.43 Å². The minimum absolute atomic E-state index is 0.489. The second-order valence-corrected chi connectivity index (χ2v) is 9.29. The van der Waals surface area contributed by atoms with Crippen LogP contribution in [0.2, 0.25) is 6.04 Å². The molecule has 0 rings (SSSR count). The molecular weight excluding hydrogens is 211 g/mol. The van der Waals surface area contributed by atoms with E-state index in [-0.39, 0.29) is 0 Å². The van der Waals surface area contributed by atoms with Gasteiger partial charge in [-0.25, -0.2) is 0 Å². The Labute approximate surface area is 85.2 Å². The molecule has 0 aliphatic rings. The van der Waals surface area contributed by atoms with Crippen molar-refractivity contribution in [2.75, 3.05) is 6.61 Å². The van der Waals surface area contributed by atoms with E-state index in [1.54, 1.807) is 0 Å². The van der Waals surface area contributed by atoms with Gasteiger partial charge in [-0.1, -0.05) is 31.9 Å². The van der Waals surface area contributed by atoms with E-state index in [0.717, 1.165) is 24.5 Å². The molecule has 0 aliphatic carbocycles. The highest BCUT2D eigenvalue weighted by Crippen LogP contribution is 2.24. The first-order chi connectivity index (χ1) is 5.48. The fourth-order valence-electron chi connectivity index (χ4n) is 0.684. The zero-order valence-corrected chi connectivity index (χ0v) is 10.2. The Morgan fingerprint density at radius 3 is 2.50 bits per heavy atom. The van der Waals surface area contributed by atoms with Crippen molar-refractivity contribution < 1.29 is 4.43 Å². The quantitative estimate of drug-likeness (QED) is 0.381. The summed E-state index contributed by atoms with van der Waals surface area (Å²) in [5.74, 6) is 0. The first-order valence-corrected chi connectivity index (χ1v) is 8.28. The second-order valence-electron chi connectivity index (χ2n) is 2.99. The van der Waals surface area contributed by atoms with Crippen molar-refractivity contribution in [3.8, 4) is 0 Å². The zero-order valence-electron chi connectivity index (χ0n) is 7.70. The lowest BCUT2D eigenvalue weighted by molar-refractivity contribution is 0.360. The van der Waals surface area contributed by atoms with Crippen molar-refractivity contribution in [1.82, 2.24) is 0 Å². The predicted octanol–water partition coefficient (Wildman–Crippen LogP) is 3.80. The molecule has 0 bridgehead atoms. The van der Waals surface area contributed by atoms with Crippen LogP contribution in [0, 0.1) is 0 Å². The molecular formula is C8H16Cl2OSi. The van der Waals surface area contributed by atoms with Crippen LogP contribution in [0.25, 0.3) is 0 Å². The van der Waals surface area contributed by atoms with Gasteiger partial charge in [0.1, 0.15) is 0 Å². The summed E-state index contributed by atoms with van der Waals surface area (Å²) in [5.41, 5.74) is 0.963. The van der Waals surface area contributed by atoms with E-state index in [1.807, 2.05) is 6.92 Å². The lowest BCUT2D eigenvalue weighted by Crippen LogP contribution is -2.24. The van der Waals surface area contributed by atoms with Gasteiger partial charge in [0.05, 0.1) is 6.61 Å². The zero-order chi connectivity index (χ0) is 9.61. The molecule has 0 spiro atoms. The van der Waals surface area contributed by atoms with Crippen LogP contribution in [0.3, 0.4) is 0 Å². The lowest BCUT2D eigenvalue weighted by Gasteiger charge is -2.16. The predicted molar refractivity (Wildman–Crippen MR) is 57.9 cm³/mol. The van der Waals surface area contributed by atoms with Gasteiger partial charge in [0.25, 0.3) is 0 Å². The Hall–Kier alpha value is 0.497. The van der Waals surface area contributed by atoms with E-state index >= 15 is 0 Å². The van der Waals surface area contributed by atoms with Gasteiger partial charge in [-0.15, -0.1) is 22.2 Å². The molecule has 0 aliphatic heterocycles. The molecule has 0 saturated carbocycles. The number of hydrogen-bond donors (Lipinski definition) is 0. The molecule has 0 N–H and O–H groups in total. The van der Waals surface area contributed by atoms with Crippen molar-refractivity contribution in [2.24, 2.45) is 0 Å². The van der Waals surface area contributed by atoms with Crippen LogP contribution < -0.4 is 0 Å². The molecule has 0 aromatic carbocycles. The van der Waals surface area contributed by atoms with Crippen molar-refractivity contribution >= 4 is 29.1 Å². The van der Waals surface area contributed by atoms with Gasteiger partial charge >= 0.3 is 6.94 Å². The largest absolute Gasteiger partial charge is 0.389 e. The second kappa shape index (κ2) is 6.03. The van der Waals surface area contributed by atoms with Gasteiger partial charge in [-0.3, -0.25) is 0 Å². The normalized spacial score (nSPS) is 11.7. The topological polar surface area (TPSA) is 9.23 Å². The molecule has 0 aromatic heterocycles. The Morgan fingerprint density at radius 1 is 1.50 bits per heavy atom. The summed E-state index contributed by atoms with van der Waals surface area (Å²) in [6, 6.07) is 0.805. The van der Waals surface area contributed by atoms with E-state index in [2.05, 4.69) is 13.5 Å². The fourth-order valence-corrected chi connectivity index (χ4v) is 3.18. The molecule has 0 atom stereocenters. The van der Waals surface area contributed by atoms with E-state index < -0.39 is 6.94 Å². The Balaban J connectivity index is 3.63. The summed E-state index contributed by atoms with van der Waals surface area (Å²) in [4.78, 5) is 0. The highest BCUT2D eigenvalue weighted by molar-refractivity contribution is 7.42. The number of rotatable bonds is 6. The summed E-state index contributed by atoms with van der Waals surface area (Å²) in [6.07, 6.45) is 2.14. The third kappa shape index (κ3) is 7.16. The maximum atomic E-state index is 6.00. The highest BCUT2D eigenvalue weighted by Gasteiger charge is 2.29. The minimum Gasteiger partial charge on any atom is -0.388 e. The molecule has 0 saturated heterocycles. The van der Waals surface area contributed by atoms with Gasteiger partial charge < -0.3 is 4.43 Å². The van der Waals surface area contributed by atoms with Gasteiger partial charge in [0.15, 0.2) is 0 Å². The van der Waals surface area contributed by atoms with Gasteiger partial charge in [-0.05, 0) is 13.0 Å². The number of halogens is 2. The summed E-state index contributed by atoms with van der Waals surface area (Å²) in [5, 5.41) is 0. The van der Waals surface area contributed by atoms with E-state index in [9.17, 15) is 0 Å². The number of unbranched alkanes of at least 4 members (excludes halogenated alkanes) is 1. The van der Waals surface area contributed by atoms with Crippen LogP contribution in [0.15, 0.2) is 12.2 Å². The van der Waals surface area contributed by atoms with Crippen molar-refractivity contribution in [3.05, 3.63) is 12.2 Å². The van der Waals surface area contributed by atoms with Crippen molar-refractivity contribution in [3.63, 3.8) is 0 Å². The van der Waals surface area contributed by atoms with E-state index in [4.69, 9.17) is 26.6 Å². The van der Waals surface area contributed by atoms with Crippen LogP contribution in [0.4, 0.5) is 0 Å². The molecule has 1 nitrogen and oxygen atoms in total. The van der Waals surface area contributed by atoms with Crippen molar-refractivity contribution in [1.29, 1.82) is 0 Å².